The Morgan fingerprint density at radius 1 is 1.12 bits per heavy atom. The first-order valence-electron chi connectivity index (χ1n) is 11.8. The monoisotopic (exact) mass is 603 g/mol. The highest BCUT2D eigenvalue weighted by atomic mass is 32.2. The van der Waals surface area contributed by atoms with Gasteiger partial charge in [0, 0.05) is 45.4 Å². The number of carboxylic acids is 1. The Bertz CT molecular complexity index is 1200. The van der Waals surface area contributed by atoms with Gasteiger partial charge in [0.15, 0.2) is 5.78 Å². The van der Waals surface area contributed by atoms with E-state index in [9.17, 15) is 31.2 Å². The van der Waals surface area contributed by atoms with Crippen LogP contribution in [0.25, 0.3) is 0 Å². The second-order valence-electron chi connectivity index (χ2n) is 7.71. The van der Waals surface area contributed by atoms with Gasteiger partial charge < -0.3 is 20.1 Å². The Morgan fingerprint density at radius 3 is 2.17 bits per heavy atom. The van der Waals surface area contributed by atoms with Crippen LogP contribution >= 0.6 is 0 Å². The van der Waals surface area contributed by atoms with E-state index in [4.69, 9.17) is 14.6 Å². The largest absolute Gasteiger partial charge is 0.481 e. The van der Waals surface area contributed by atoms with E-state index >= 15 is 0 Å². The van der Waals surface area contributed by atoms with Crippen molar-refractivity contribution in [2.45, 2.75) is 24.9 Å². The smallest absolute Gasteiger partial charge is 0.451 e. The Kier molecular flexibility index (Phi) is 17.2. The van der Waals surface area contributed by atoms with Crippen molar-refractivity contribution < 1.29 is 45.8 Å². The highest BCUT2D eigenvalue weighted by Gasteiger charge is 2.35. The molecule has 2 N–H and O–H groups in total. The molecule has 3 rings (SSSR count). The quantitative estimate of drug-likeness (QED) is 0.318. The van der Waals surface area contributed by atoms with Crippen LogP contribution in [0.1, 0.15) is 19.7 Å². The van der Waals surface area contributed by atoms with Gasteiger partial charge >= 0.3 is 6.18 Å². The Morgan fingerprint density at radius 2 is 1.68 bits per heavy atom. The van der Waals surface area contributed by atoms with E-state index in [-0.39, 0.29) is 12.4 Å². The summed E-state index contributed by atoms with van der Waals surface area (Å²) >= 11 is 0. The van der Waals surface area contributed by atoms with Gasteiger partial charge in [-0.25, -0.2) is 13.4 Å². The van der Waals surface area contributed by atoms with Crippen molar-refractivity contribution in [3.8, 4) is 18.7 Å². The van der Waals surface area contributed by atoms with Crippen molar-refractivity contribution in [2.75, 3.05) is 45.9 Å². The minimum absolute atomic E-state index is 0.263. The summed E-state index contributed by atoms with van der Waals surface area (Å²) in [5.74, 6) is -3.05. The second-order valence-corrected chi connectivity index (χ2v) is 9.65. The minimum Gasteiger partial charge on any atom is -0.481 e. The molecule has 1 aliphatic heterocycles. The molecule has 0 bridgehead atoms. The van der Waals surface area contributed by atoms with E-state index in [1.807, 2.05) is 6.07 Å². The predicted octanol–water partition coefficient (Wildman–Crippen LogP) is 1.54. The second kappa shape index (κ2) is 19.1. The van der Waals surface area contributed by atoms with Crippen molar-refractivity contribution in [3.63, 3.8) is 0 Å². The molecule has 0 atom stereocenters. The third-order valence-electron chi connectivity index (χ3n) is 4.81. The van der Waals surface area contributed by atoms with E-state index < -0.39 is 40.4 Å². The molecule has 16 heteroatoms. The van der Waals surface area contributed by atoms with Gasteiger partial charge in [0.1, 0.15) is 6.61 Å². The van der Waals surface area contributed by atoms with E-state index in [2.05, 4.69) is 40.0 Å². The number of nitrogens with zero attached hydrogens (tertiary/aromatic N) is 4. The van der Waals surface area contributed by atoms with Crippen LogP contribution in [0, 0.1) is 12.8 Å². The van der Waals surface area contributed by atoms with Crippen molar-refractivity contribution in [1.29, 1.82) is 0 Å². The number of terminal acetylenes is 1. The zero-order valence-electron chi connectivity index (χ0n) is 22.5. The molecule has 41 heavy (non-hydrogen) atoms. The van der Waals surface area contributed by atoms with Crippen molar-refractivity contribution in [1.82, 2.24) is 24.5 Å². The number of aromatic nitrogens is 2. The fourth-order valence-corrected chi connectivity index (χ4v) is 4.39. The molecule has 1 amide bonds. The molecule has 0 radical (unpaired) electrons. The number of rotatable bonds is 9. The van der Waals surface area contributed by atoms with E-state index in [0.29, 0.717) is 24.4 Å². The molecule has 0 unspecified atom stereocenters. The first-order chi connectivity index (χ1) is 19.3. The average Bonchev–Trinajstić information content (AvgIpc) is 2.96. The number of hydrogen-bond acceptors (Lipinski definition) is 9. The molecule has 0 spiro atoms. The number of nitrogens with one attached hydrogen (secondary N) is 1. The molecule has 0 saturated carbocycles. The van der Waals surface area contributed by atoms with Gasteiger partial charge in [-0.15, -0.1) is 12.8 Å². The summed E-state index contributed by atoms with van der Waals surface area (Å²) < 4.78 is 67.6. The van der Waals surface area contributed by atoms with E-state index in [1.54, 1.807) is 28.6 Å². The summed E-state index contributed by atoms with van der Waals surface area (Å²) in [6.45, 7) is 6.23. The van der Waals surface area contributed by atoms with Gasteiger partial charge in [0.2, 0.25) is 28.1 Å². The number of carbonyl (C=O) groups excluding carboxylic acids is 2. The number of likely N-dealkylation sites (N-methyl/N-ethyl adjacent to an activating group) is 1. The lowest BCUT2D eigenvalue weighted by atomic mass is 10.4. The van der Waals surface area contributed by atoms with Crippen LogP contribution in [0.4, 0.5) is 13.2 Å². The summed E-state index contributed by atoms with van der Waals surface area (Å²) in [7, 11) is -3.29. The van der Waals surface area contributed by atoms with Gasteiger partial charge in [0.25, 0.3) is 5.97 Å². The molecule has 0 aliphatic carbocycles. The fourth-order valence-electron chi connectivity index (χ4n) is 2.95. The summed E-state index contributed by atoms with van der Waals surface area (Å²) in [5.41, 5.74) is 0. The number of halogens is 3. The third kappa shape index (κ3) is 14.8. The van der Waals surface area contributed by atoms with Gasteiger partial charge in [-0.1, -0.05) is 25.1 Å². The zero-order chi connectivity index (χ0) is 31.5. The number of alkyl halides is 3. The summed E-state index contributed by atoms with van der Waals surface area (Å²) in [6.07, 6.45) is 4.52. The first-order valence-corrected chi connectivity index (χ1v) is 13.3. The predicted molar refractivity (Wildman–Crippen MR) is 142 cm³/mol. The molecular formula is C25H32F3N5O7S. The van der Waals surface area contributed by atoms with Crippen LogP contribution in [0.3, 0.4) is 0 Å². The normalized spacial score (nSPS) is 13.4. The molecule has 1 saturated heterocycles. The van der Waals surface area contributed by atoms with E-state index in [0.717, 1.165) is 38.8 Å². The Balaban J connectivity index is 0.000000656. The maximum absolute atomic E-state index is 12.3. The Hall–Kier alpha value is -4.07. The number of aliphatic carboxylic acids is 1. The maximum atomic E-state index is 12.3. The minimum atomic E-state index is -4.68. The van der Waals surface area contributed by atoms with Crippen LogP contribution in [-0.4, -0.2) is 96.7 Å². The molecule has 1 aromatic carbocycles. The lowest BCUT2D eigenvalue weighted by Crippen LogP contribution is -2.48. The lowest BCUT2D eigenvalue weighted by molar-refractivity contribution is -0.145. The molecule has 1 fully saturated rings. The van der Waals surface area contributed by atoms with Gasteiger partial charge in [-0.05, 0) is 18.7 Å². The van der Waals surface area contributed by atoms with E-state index in [1.165, 1.54) is 0 Å². The van der Waals surface area contributed by atoms with Crippen LogP contribution in [-0.2, 0) is 30.6 Å². The highest BCUT2D eigenvalue weighted by molar-refractivity contribution is 7.89. The third-order valence-corrected chi connectivity index (χ3v) is 6.72. The van der Waals surface area contributed by atoms with Gasteiger partial charge in [-0.3, -0.25) is 14.4 Å². The number of Topliss-reactive ketones (excluding diaryl/α,β-unsaturated/α-hetero) is 1. The zero-order valence-corrected chi connectivity index (χ0v) is 23.3. The lowest BCUT2D eigenvalue weighted by Gasteiger charge is -2.33. The number of sulfonamides is 1. The van der Waals surface area contributed by atoms with Gasteiger partial charge in [0.05, 0.1) is 11.4 Å². The number of amides is 1. The molecule has 2 aromatic rings. The summed E-state index contributed by atoms with van der Waals surface area (Å²) in [4.78, 5) is 38.7. The van der Waals surface area contributed by atoms with Gasteiger partial charge in [-0.2, -0.15) is 22.5 Å². The summed E-state index contributed by atoms with van der Waals surface area (Å²) in [5, 5.41) is 9.51. The molecule has 2 heterocycles. The van der Waals surface area contributed by atoms with Crippen molar-refractivity contribution in [3.05, 3.63) is 48.4 Å². The van der Waals surface area contributed by atoms with Crippen LogP contribution in [0.15, 0.2) is 47.5 Å². The number of piperazine rings is 1. The molecule has 12 nitrogen and oxygen atoms in total. The van der Waals surface area contributed by atoms with Crippen molar-refractivity contribution in [2.24, 2.45) is 0 Å². The average molecular weight is 604 g/mol. The topological polar surface area (TPSA) is 159 Å². The number of carbonyl (C=O) groups is 3. The standard InChI is InChI=1S/C12H18N2O2S.C9H8F3N3O3.C2H4O2.C2H2/c1-2-13-8-10-14(11-9-13)17(15,16)12-6-4-3-5-7-12;10-9(11,12)8-14-2-1-7(15-8)18-4-6(17)3-13-5-16;1-2(3)4;1-2/h3-7H,2,8-11H2,1H3;1-2,5H,3-4H2,(H,13,16);1H3,(H,3,4);1-2H. The number of hydrogen-bond donors (Lipinski definition) is 2. The number of carboxylic acid groups (broad SMARTS) is 1. The van der Waals surface area contributed by atoms with Crippen LogP contribution in [0.5, 0.6) is 5.88 Å². The van der Waals surface area contributed by atoms with Crippen LogP contribution < -0.4 is 10.1 Å². The first kappa shape index (κ1) is 36.9. The number of benzene rings is 1. The highest BCUT2D eigenvalue weighted by Crippen LogP contribution is 2.26. The maximum Gasteiger partial charge on any atom is 0.451 e. The van der Waals surface area contributed by atoms with Crippen LogP contribution in [0.2, 0.25) is 0 Å². The van der Waals surface area contributed by atoms with Crippen molar-refractivity contribution >= 4 is 28.2 Å². The number of ether oxygens (including phenoxy) is 1. The number of ketones is 1. The molecular weight excluding hydrogens is 571 g/mol. The molecule has 226 valence electrons. The molecule has 1 aliphatic rings. The fraction of sp³-hybridized carbons (Fsp3) is 0.400. The SMILES string of the molecule is C#C.CC(=O)O.CCN1CCN(S(=O)(=O)c2ccccc2)CC1.O=CNCC(=O)COc1ccnc(C(F)(F)F)n1. The molecule has 1 aromatic heterocycles. The summed E-state index contributed by atoms with van der Waals surface area (Å²) in [6, 6.07) is 9.75. The Labute approximate surface area is 236 Å².